The molecule has 0 bridgehead atoms. The quantitative estimate of drug-likeness (QED) is 0.751. The second kappa shape index (κ2) is 5.88. The van der Waals surface area contributed by atoms with Crippen molar-refractivity contribution in [3.8, 4) is 0 Å². The maximum absolute atomic E-state index is 12.6. The van der Waals surface area contributed by atoms with Crippen LogP contribution in [0.2, 0.25) is 0 Å². The largest absolute Gasteiger partial charge is 0.281 e. The zero-order chi connectivity index (χ0) is 14.1. The molecule has 19 heavy (non-hydrogen) atoms. The fourth-order valence-electron chi connectivity index (χ4n) is 2.78. The molecule has 0 aromatic rings. The van der Waals surface area contributed by atoms with E-state index in [9.17, 15) is 8.42 Å². The van der Waals surface area contributed by atoms with E-state index in [2.05, 4.69) is 13.8 Å². The maximum Gasteiger partial charge on any atom is 0.281 e. The second-order valence-corrected chi connectivity index (χ2v) is 8.80. The fraction of sp³-hybridized carbons (Fsp3) is 1.00. The van der Waals surface area contributed by atoms with Gasteiger partial charge >= 0.3 is 0 Å². The van der Waals surface area contributed by atoms with Gasteiger partial charge in [-0.3, -0.25) is 0 Å². The molecule has 0 radical (unpaired) electrons. The second-order valence-electron chi connectivity index (χ2n) is 6.57. The van der Waals surface area contributed by atoms with E-state index >= 15 is 0 Å². The van der Waals surface area contributed by atoms with Crippen molar-refractivity contribution in [1.82, 2.24) is 8.61 Å². The summed E-state index contributed by atoms with van der Waals surface area (Å²) in [4.78, 5) is 0. The van der Waals surface area contributed by atoms with Gasteiger partial charge in [0, 0.05) is 32.1 Å². The minimum Gasteiger partial charge on any atom is -0.195 e. The molecule has 0 saturated carbocycles. The van der Waals surface area contributed by atoms with Crippen LogP contribution in [-0.2, 0) is 10.2 Å². The number of rotatable bonds is 3. The predicted octanol–water partition coefficient (Wildman–Crippen LogP) is 2.30. The molecular formula is C13H25ClN2O2S. The van der Waals surface area contributed by atoms with Gasteiger partial charge in [0.1, 0.15) is 0 Å². The summed E-state index contributed by atoms with van der Waals surface area (Å²) in [7, 11) is -3.24. The lowest BCUT2D eigenvalue weighted by Gasteiger charge is -2.40. The highest BCUT2D eigenvalue weighted by molar-refractivity contribution is 7.86. The molecule has 0 aromatic heterocycles. The van der Waals surface area contributed by atoms with Gasteiger partial charge < -0.3 is 0 Å². The first-order valence-corrected chi connectivity index (χ1v) is 9.09. The minimum atomic E-state index is -3.24. The predicted molar refractivity (Wildman–Crippen MR) is 78.5 cm³/mol. The van der Waals surface area contributed by atoms with E-state index in [1.807, 2.05) is 0 Å². The molecule has 0 N–H and O–H groups in total. The molecule has 0 amide bonds. The Hall–Kier alpha value is 0.160. The highest BCUT2D eigenvalue weighted by Gasteiger charge is 2.36. The molecular weight excluding hydrogens is 284 g/mol. The Labute approximate surface area is 122 Å². The Bertz CT molecular complexity index is 393. The molecule has 2 fully saturated rings. The lowest BCUT2D eigenvalue weighted by atomic mass is 9.83. The van der Waals surface area contributed by atoms with Crippen LogP contribution in [0.1, 0.15) is 39.5 Å². The van der Waals surface area contributed by atoms with Crippen molar-refractivity contribution in [2.24, 2.45) is 11.3 Å². The van der Waals surface area contributed by atoms with E-state index in [1.54, 1.807) is 8.61 Å². The van der Waals surface area contributed by atoms with E-state index in [0.717, 1.165) is 25.7 Å². The highest BCUT2D eigenvalue weighted by atomic mass is 35.5. The van der Waals surface area contributed by atoms with Gasteiger partial charge in [-0.05, 0) is 37.0 Å². The molecule has 2 heterocycles. The van der Waals surface area contributed by atoms with Crippen LogP contribution >= 0.6 is 11.6 Å². The Kier molecular flexibility index (Phi) is 4.81. The van der Waals surface area contributed by atoms with Crippen molar-refractivity contribution in [2.75, 3.05) is 32.1 Å². The first-order valence-electron chi connectivity index (χ1n) is 7.16. The Balaban J connectivity index is 1.96. The zero-order valence-electron chi connectivity index (χ0n) is 11.9. The molecule has 4 nitrogen and oxygen atoms in total. The lowest BCUT2D eigenvalue weighted by molar-refractivity contribution is 0.181. The Morgan fingerprint density at radius 1 is 1.05 bits per heavy atom. The first kappa shape index (κ1) is 15.5. The third-order valence-electron chi connectivity index (χ3n) is 4.52. The van der Waals surface area contributed by atoms with Gasteiger partial charge in [-0.1, -0.05) is 13.8 Å². The average molecular weight is 309 g/mol. The van der Waals surface area contributed by atoms with E-state index < -0.39 is 10.2 Å². The molecule has 0 spiro atoms. The SMILES string of the molecule is CC1(C)CCN(S(=O)(=O)N2CCC(CCl)CC2)CC1. The summed E-state index contributed by atoms with van der Waals surface area (Å²) in [6.45, 7) is 6.99. The highest BCUT2D eigenvalue weighted by Crippen LogP contribution is 2.32. The van der Waals surface area contributed by atoms with Crippen LogP contribution in [-0.4, -0.2) is 49.1 Å². The summed E-state index contributed by atoms with van der Waals surface area (Å²) >= 11 is 5.84. The van der Waals surface area contributed by atoms with Crippen molar-refractivity contribution in [3.63, 3.8) is 0 Å². The average Bonchev–Trinajstić information content (AvgIpc) is 2.38. The lowest BCUT2D eigenvalue weighted by Crippen LogP contribution is -2.50. The van der Waals surface area contributed by atoms with Crippen molar-refractivity contribution >= 4 is 21.8 Å². The number of nitrogens with zero attached hydrogens (tertiary/aromatic N) is 2. The summed E-state index contributed by atoms with van der Waals surface area (Å²) in [5.74, 6) is 1.12. The third kappa shape index (κ3) is 3.63. The molecule has 2 saturated heterocycles. The van der Waals surface area contributed by atoms with E-state index in [0.29, 0.717) is 38.0 Å². The van der Waals surface area contributed by atoms with Crippen molar-refractivity contribution in [3.05, 3.63) is 0 Å². The summed E-state index contributed by atoms with van der Waals surface area (Å²) < 4.78 is 28.4. The van der Waals surface area contributed by atoms with Gasteiger partial charge in [0.05, 0.1) is 0 Å². The molecule has 2 rings (SSSR count). The molecule has 0 aromatic carbocycles. The van der Waals surface area contributed by atoms with Gasteiger partial charge in [-0.25, -0.2) is 0 Å². The fourth-order valence-corrected chi connectivity index (χ4v) is 4.73. The van der Waals surface area contributed by atoms with Crippen molar-refractivity contribution < 1.29 is 8.42 Å². The molecule has 6 heteroatoms. The van der Waals surface area contributed by atoms with Crippen molar-refractivity contribution in [2.45, 2.75) is 39.5 Å². The molecule has 0 unspecified atom stereocenters. The van der Waals surface area contributed by atoms with E-state index in [1.165, 1.54) is 0 Å². The summed E-state index contributed by atoms with van der Waals surface area (Å²) in [5.41, 5.74) is 0.275. The number of halogens is 1. The Morgan fingerprint density at radius 2 is 1.53 bits per heavy atom. The normalized spacial score (nSPS) is 27.5. The number of piperidine rings is 2. The van der Waals surface area contributed by atoms with E-state index in [4.69, 9.17) is 11.6 Å². The van der Waals surface area contributed by atoms with Crippen LogP contribution in [0.15, 0.2) is 0 Å². The van der Waals surface area contributed by atoms with Crippen LogP contribution in [0.25, 0.3) is 0 Å². The minimum absolute atomic E-state index is 0.275. The summed E-state index contributed by atoms with van der Waals surface area (Å²) in [6.07, 6.45) is 3.68. The molecule has 0 atom stereocenters. The monoisotopic (exact) mass is 308 g/mol. The summed E-state index contributed by atoms with van der Waals surface area (Å²) in [6, 6.07) is 0. The number of hydrogen-bond acceptors (Lipinski definition) is 2. The molecule has 112 valence electrons. The van der Waals surface area contributed by atoms with Gasteiger partial charge in [0.2, 0.25) is 0 Å². The topological polar surface area (TPSA) is 40.6 Å². The first-order chi connectivity index (χ1) is 8.85. The van der Waals surface area contributed by atoms with Crippen LogP contribution in [0.5, 0.6) is 0 Å². The van der Waals surface area contributed by atoms with Crippen LogP contribution in [0, 0.1) is 11.3 Å². The summed E-state index contributed by atoms with van der Waals surface area (Å²) in [5, 5.41) is 0. The Morgan fingerprint density at radius 3 is 2.00 bits per heavy atom. The molecule has 2 aliphatic heterocycles. The standard InChI is InChI=1S/C13H25ClN2O2S/c1-13(2)5-9-16(10-6-13)19(17,18)15-7-3-12(11-14)4-8-15/h12H,3-11H2,1-2H3. The van der Waals surface area contributed by atoms with Crippen LogP contribution < -0.4 is 0 Å². The van der Waals surface area contributed by atoms with Gasteiger partial charge in [0.15, 0.2) is 0 Å². The van der Waals surface area contributed by atoms with Crippen molar-refractivity contribution in [1.29, 1.82) is 0 Å². The number of alkyl halides is 1. The van der Waals surface area contributed by atoms with Gasteiger partial charge in [0.25, 0.3) is 10.2 Å². The zero-order valence-corrected chi connectivity index (χ0v) is 13.5. The maximum atomic E-state index is 12.6. The molecule has 2 aliphatic rings. The van der Waals surface area contributed by atoms with Gasteiger partial charge in [-0.15, -0.1) is 11.6 Å². The third-order valence-corrected chi connectivity index (χ3v) is 6.99. The smallest absolute Gasteiger partial charge is 0.195 e. The van der Waals surface area contributed by atoms with Crippen LogP contribution in [0.3, 0.4) is 0 Å². The van der Waals surface area contributed by atoms with Gasteiger partial charge in [-0.2, -0.15) is 17.0 Å². The number of hydrogen-bond donors (Lipinski definition) is 0. The van der Waals surface area contributed by atoms with E-state index in [-0.39, 0.29) is 5.41 Å². The van der Waals surface area contributed by atoms with Crippen LogP contribution in [0.4, 0.5) is 0 Å². The molecule has 0 aliphatic carbocycles.